The topological polar surface area (TPSA) is 3.24 Å². The Hall–Kier alpha value is -1.54. The molecule has 2 heterocycles. The van der Waals surface area contributed by atoms with Crippen molar-refractivity contribution in [2.75, 3.05) is 13.6 Å². The van der Waals surface area contributed by atoms with Gasteiger partial charge in [-0.05, 0) is 72.7 Å². The summed E-state index contributed by atoms with van der Waals surface area (Å²) in [7, 11) is 2.36. The number of hydrogen-bond acceptors (Lipinski definition) is 1. The highest BCUT2D eigenvalue weighted by molar-refractivity contribution is 6.77. The van der Waals surface area contributed by atoms with Gasteiger partial charge in [0, 0.05) is 6.04 Å². The van der Waals surface area contributed by atoms with Crippen LogP contribution in [0.15, 0.2) is 36.4 Å². The molecule has 2 aromatic rings. The lowest BCUT2D eigenvalue weighted by molar-refractivity contribution is 0.192. The summed E-state index contributed by atoms with van der Waals surface area (Å²) in [6.45, 7) is 9.40. The van der Waals surface area contributed by atoms with Gasteiger partial charge in [0.25, 0.3) is 0 Å². The molecule has 5 rings (SSSR count). The second-order valence-corrected chi connectivity index (χ2v) is 9.14. The van der Waals surface area contributed by atoms with Crippen molar-refractivity contribution in [3.8, 4) is 11.1 Å². The van der Waals surface area contributed by atoms with Gasteiger partial charge < -0.3 is 4.90 Å². The molecule has 0 radical (unpaired) electrons. The van der Waals surface area contributed by atoms with Gasteiger partial charge in [-0.1, -0.05) is 68.2 Å². The molecule has 2 aromatic carbocycles. The molecule has 1 fully saturated rings. The Kier molecular flexibility index (Phi) is 3.83. The Labute approximate surface area is 158 Å². The molecule has 0 amide bonds. The Morgan fingerprint density at radius 1 is 1.04 bits per heavy atom. The van der Waals surface area contributed by atoms with Gasteiger partial charge in [-0.3, -0.25) is 0 Å². The average Bonchev–Trinajstić information content (AvgIpc) is 3.01. The van der Waals surface area contributed by atoms with E-state index in [-0.39, 0.29) is 0 Å². The summed E-state index contributed by atoms with van der Waals surface area (Å²) in [4.78, 5) is 2.66. The van der Waals surface area contributed by atoms with Crippen LogP contribution in [0.25, 0.3) is 11.1 Å². The van der Waals surface area contributed by atoms with Crippen molar-refractivity contribution in [3.63, 3.8) is 0 Å². The summed E-state index contributed by atoms with van der Waals surface area (Å²) in [5.41, 5.74) is 9.59. The summed E-state index contributed by atoms with van der Waals surface area (Å²) in [6.07, 6.45) is 3.67. The van der Waals surface area contributed by atoms with E-state index in [0.29, 0.717) is 6.04 Å². The lowest BCUT2D eigenvalue weighted by Crippen LogP contribution is -2.60. The third kappa shape index (κ3) is 2.21. The first-order chi connectivity index (χ1) is 12.6. The fraction of sp³-hybridized carbons (Fsp3) is 0.500. The minimum absolute atomic E-state index is 0.717. The van der Waals surface area contributed by atoms with E-state index < -0.39 is 0 Å². The predicted octanol–water partition coefficient (Wildman–Crippen LogP) is 4.64. The molecule has 1 nitrogen and oxygen atoms in total. The molecule has 0 aromatic heterocycles. The second-order valence-electron chi connectivity index (χ2n) is 9.14. The van der Waals surface area contributed by atoms with Gasteiger partial charge >= 0.3 is 0 Å². The van der Waals surface area contributed by atoms with Crippen LogP contribution >= 0.6 is 0 Å². The van der Waals surface area contributed by atoms with E-state index in [0.717, 1.165) is 30.7 Å². The van der Waals surface area contributed by atoms with Crippen LogP contribution in [0.4, 0.5) is 0 Å². The third-order valence-corrected chi connectivity index (χ3v) is 7.85. The van der Waals surface area contributed by atoms with Gasteiger partial charge in [-0.2, -0.15) is 0 Å². The van der Waals surface area contributed by atoms with Gasteiger partial charge in [0.15, 0.2) is 6.71 Å². The molecule has 0 spiro atoms. The molecule has 26 heavy (non-hydrogen) atoms. The maximum atomic E-state index is 2.66. The number of benzene rings is 2. The predicted molar refractivity (Wildman–Crippen MR) is 113 cm³/mol. The summed E-state index contributed by atoms with van der Waals surface area (Å²) >= 11 is 0. The maximum absolute atomic E-state index is 2.66. The monoisotopic (exact) mass is 343 g/mol. The Balaban J connectivity index is 1.68. The minimum atomic E-state index is 0.717. The highest BCUT2D eigenvalue weighted by Gasteiger charge is 2.48. The number of hydrogen-bond donors (Lipinski definition) is 0. The van der Waals surface area contributed by atoms with E-state index in [1.54, 1.807) is 16.6 Å². The molecule has 0 unspecified atom stereocenters. The minimum Gasteiger partial charge on any atom is -0.304 e. The average molecular weight is 343 g/mol. The van der Waals surface area contributed by atoms with Gasteiger partial charge in [0.05, 0.1) is 0 Å². The molecule has 0 saturated carbocycles. The molecule has 3 aliphatic rings. The van der Waals surface area contributed by atoms with Crippen LogP contribution in [0.1, 0.15) is 43.9 Å². The number of fused-ring (bicyclic) bond motifs is 7. The number of rotatable bonds is 1. The summed E-state index contributed by atoms with van der Waals surface area (Å²) in [6, 6.07) is 14.7. The molecule has 1 saturated heterocycles. The third-order valence-electron chi connectivity index (χ3n) is 7.85. The van der Waals surface area contributed by atoms with Crippen molar-refractivity contribution in [3.05, 3.63) is 53.1 Å². The maximum Gasteiger partial charge on any atom is 0.185 e. The molecule has 2 heteroatoms. The first kappa shape index (κ1) is 16.6. The zero-order valence-corrected chi connectivity index (χ0v) is 16.6. The van der Waals surface area contributed by atoms with Gasteiger partial charge in [-0.25, -0.2) is 0 Å². The van der Waals surface area contributed by atoms with E-state index in [1.165, 1.54) is 36.1 Å². The fourth-order valence-electron chi connectivity index (χ4n) is 6.68. The SMILES string of the molecule is CC[C@H]1[C@@H](C)B2c3c(ccc4c3Cc3ccccc3-4)C[C@@H](C)[C@H]2CN1C. The zero-order valence-electron chi connectivity index (χ0n) is 16.6. The smallest absolute Gasteiger partial charge is 0.185 e. The van der Waals surface area contributed by atoms with Crippen molar-refractivity contribution in [2.24, 2.45) is 5.92 Å². The molecule has 4 atom stereocenters. The van der Waals surface area contributed by atoms with Crippen molar-refractivity contribution in [1.82, 2.24) is 4.90 Å². The highest BCUT2D eigenvalue weighted by atomic mass is 15.1. The van der Waals surface area contributed by atoms with Crippen molar-refractivity contribution in [2.45, 2.75) is 57.7 Å². The van der Waals surface area contributed by atoms with E-state index in [9.17, 15) is 0 Å². The molecule has 0 bridgehead atoms. The second kappa shape index (κ2) is 5.99. The van der Waals surface area contributed by atoms with E-state index in [4.69, 9.17) is 0 Å². The number of nitrogens with zero attached hydrogens (tertiary/aromatic N) is 1. The quantitative estimate of drug-likeness (QED) is 0.582. The standard InChI is InChI=1S/C24H30BN/c1-5-23-16(3)25-22(14-26(23)4)15(2)12-18-10-11-20-19-9-7-6-8-17(19)13-21(20)24(18)25/h6-11,15-16,22-23H,5,12-14H2,1-4H3/t15-,16-,22-,23+/m1/s1. The van der Waals surface area contributed by atoms with Crippen LogP contribution in [0.3, 0.4) is 0 Å². The molecular formula is C24H30BN. The molecular weight excluding hydrogens is 313 g/mol. The van der Waals surface area contributed by atoms with Crippen molar-refractivity contribution < 1.29 is 0 Å². The summed E-state index contributed by atoms with van der Waals surface area (Å²) < 4.78 is 0. The highest BCUT2D eigenvalue weighted by Crippen LogP contribution is 2.46. The Morgan fingerprint density at radius 2 is 1.85 bits per heavy atom. The van der Waals surface area contributed by atoms with E-state index >= 15 is 0 Å². The van der Waals surface area contributed by atoms with Gasteiger partial charge in [-0.15, -0.1) is 0 Å². The Morgan fingerprint density at radius 3 is 2.65 bits per heavy atom. The zero-order chi connectivity index (χ0) is 18.0. The van der Waals surface area contributed by atoms with Crippen molar-refractivity contribution >= 4 is 12.2 Å². The molecule has 2 aliphatic heterocycles. The molecule has 0 N–H and O–H groups in total. The lowest BCUT2D eigenvalue weighted by atomic mass is 9.24. The van der Waals surface area contributed by atoms with Crippen molar-refractivity contribution in [1.29, 1.82) is 0 Å². The first-order valence-corrected chi connectivity index (χ1v) is 10.5. The molecule has 1 aliphatic carbocycles. The van der Waals surface area contributed by atoms with Crippen LogP contribution in [0.5, 0.6) is 0 Å². The summed E-state index contributed by atoms with van der Waals surface area (Å²) in [5, 5.41) is 0. The van der Waals surface area contributed by atoms with Gasteiger partial charge in [0.1, 0.15) is 0 Å². The Bertz CT molecular complexity index is 857. The van der Waals surface area contributed by atoms with Crippen LogP contribution < -0.4 is 5.46 Å². The largest absolute Gasteiger partial charge is 0.304 e. The first-order valence-electron chi connectivity index (χ1n) is 10.5. The molecule has 134 valence electrons. The van der Waals surface area contributed by atoms with Gasteiger partial charge in [0.2, 0.25) is 0 Å². The van der Waals surface area contributed by atoms with Crippen LogP contribution in [-0.4, -0.2) is 31.2 Å². The van der Waals surface area contributed by atoms with Crippen LogP contribution in [0.2, 0.25) is 11.6 Å². The van der Waals surface area contributed by atoms with E-state index in [1.807, 2.05) is 0 Å². The van der Waals surface area contributed by atoms with Crippen LogP contribution in [0, 0.1) is 5.92 Å². The van der Waals surface area contributed by atoms with E-state index in [2.05, 4.69) is 69.1 Å². The fourth-order valence-corrected chi connectivity index (χ4v) is 6.68. The lowest BCUT2D eigenvalue weighted by Gasteiger charge is -2.51. The summed E-state index contributed by atoms with van der Waals surface area (Å²) in [5.74, 6) is 2.33. The normalized spacial score (nSPS) is 29.8. The van der Waals surface area contributed by atoms with Crippen LogP contribution in [-0.2, 0) is 12.8 Å².